The minimum Gasteiger partial charge on any atom is -0.311 e. The molecule has 1 aliphatic heterocycles. The number of nitrogens with zero attached hydrogens (tertiary/aromatic N) is 1. The first-order chi connectivity index (χ1) is 8.79. The molecule has 2 rings (SSSR count). The zero-order chi connectivity index (χ0) is 14.2. The van der Waals surface area contributed by atoms with Crippen molar-refractivity contribution in [2.45, 2.75) is 78.9 Å². The summed E-state index contributed by atoms with van der Waals surface area (Å²) < 4.78 is 0. The van der Waals surface area contributed by atoms with E-state index in [1.807, 2.05) is 0 Å². The first kappa shape index (κ1) is 15.3. The summed E-state index contributed by atoms with van der Waals surface area (Å²) in [5.41, 5.74) is 0.367. The fourth-order valence-electron chi connectivity index (χ4n) is 3.79. The lowest BCUT2D eigenvalue weighted by atomic mass is 9.77. The monoisotopic (exact) mass is 266 g/mol. The molecule has 5 unspecified atom stereocenters. The van der Waals surface area contributed by atoms with E-state index in [0.717, 1.165) is 24.4 Å². The summed E-state index contributed by atoms with van der Waals surface area (Å²) in [7, 11) is 0. The van der Waals surface area contributed by atoms with Crippen molar-refractivity contribution in [2.24, 2.45) is 17.3 Å². The van der Waals surface area contributed by atoms with Gasteiger partial charge in [0.1, 0.15) is 0 Å². The highest BCUT2D eigenvalue weighted by atomic mass is 15.3. The van der Waals surface area contributed by atoms with Crippen LogP contribution >= 0.6 is 0 Å². The van der Waals surface area contributed by atoms with Crippen molar-refractivity contribution in [3.05, 3.63) is 0 Å². The SMILES string of the molecule is CC1CCC(N2CC(C(C)(C)C)NCC2C)CC1C. The summed E-state index contributed by atoms with van der Waals surface area (Å²) in [5, 5.41) is 3.76. The Morgan fingerprint density at radius 3 is 2.26 bits per heavy atom. The van der Waals surface area contributed by atoms with Crippen molar-refractivity contribution in [3.8, 4) is 0 Å². The molecule has 112 valence electrons. The van der Waals surface area contributed by atoms with Crippen LogP contribution < -0.4 is 5.32 Å². The minimum atomic E-state index is 0.367. The van der Waals surface area contributed by atoms with Crippen LogP contribution in [-0.2, 0) is 0 Å². The second-order valence-electron chi connectivity index (χ2n) is 8.29. The van der Waals surface area contributed by atoms with E-state index in [2.05, 4.69) is 51.8 Å². The molecule has 1 saturated heterocycles. The lowest BCUT2D eigenvalue weighted by Gasteiger charge is -2.49. The molecule has 0 aromatic rings. The predicted octanol–water partition coefficient (Wildman–Crippen LogP) is 3.52. The average Bonchev–Trinajstić information content (AvgIpc) is 2.32. The fraction of sp³-hybridized carbons (Fsp3) is 1.00. The molecule has 0 bridgehead atoms. The zero-order valence-corrected chi connectivity index (χ0v) is 13.9. The van der Waals surface area contributed by atoms with E-state index < -0.39 is 0 Å². The topological polar surface area (TPSA) is 15.3 Å². The molecule has 2 nitrogen and oxygen atoms in total. The molecular weight excluding hydrogens is 232 g/mol. The van der Waals surface area contributed by atoms with E-state index in [0.29, 0.717) is 17.5 Å². The van der Waals surface area contributed by atoms with E-state index in [1.54, 1.807) is 0 Å². The highest BCUT2D eigenvalue weighted by Crippen LogP contribution is 2.34. The van der Waals surface area contributed by atoms with Gasteiger partial charge in [-0.25, -0.2) is 0 Å². The van der Waals surface area contributed by atoms with Gasteiger partial charge in [-0.3, -0.25) is 4.90 Å². The van der Waals surface area contributed by atoms with E-state index in [9.17, 15) is 0 Å². The van der Waals surface area contributed by atoms with Crippen LogP contribution in [0.4, 0.5) is 0 Å². The number of rotatable bonds is 1. The molecule has 2 heteroatoms. The van der Waals surface area contributed by atoms with E-state index >= 15 is 0 Å². The van der Waals surface area contributed by atoms with Crippen molar-refractivity contribution in [2.75, 3.05) is 13.1 Å². The summed E-state index contributed by atoms with van der Waals surface area (Å²) in [5.74, 6) is 1.82. The van der Waals surface area contributed by atoms with Crippen molar-refractivity contribution < 1.29 is 0 Å². The van der Waals surface area contributed by atoms with Crippen LogP contribution in [0, 0.1) is 17.3 Å². The van der Waals surface area contributed by atoms with Crippen LogP contribution in [0.2, 0.25) is 0 Å². The molecule has 1 N–H and O–H groups in total. The van der Waals surface area contributed by atoms with Crippen molar-refractivity contribution in [1.82, 2.24) is 10.2 Å². The predicted molar refractivity (Wildman–Crippen MR) is 83.4 cm³/mol. The molecule has 5 atom stereocenters. The highest BCUT2D eigenvalue weighted by molar-refractivity contribution is 4.94. The third-order valence-corrected chi connectivity index (χ3v) is 5.70. The standard InChI is InChI=1S/C17H34N2/c1-12-7-8-15(9-13(12)2)19-11-16(17(4,5)6)18-10-14(19)3/h12-16,18H,7-11H2,1-6H3. The molecular formula is C17H34N2. The third kappa shape index (κ3) is 3.52. The molecule has 0 aromatic carbocycles. The van der Waals surface area contributed by atoms with Gasteiger partial charge < -0.3 is 5.32 Å². The molecule has 1 heterocycles. The maximum atomic E-state index is 3.76. The van der Waals surface area contributed by atoms with E-state index in [-0.39, 0.29) is 0 Å². The number of piperazine rings is 1. The fourth-order valence-corrected chi connectivity index (χ4v) is 3.79. The number of hydrogen-bond acceptors (Lipinski definition) is 2. The third-order valence-electron chi connectivity index (χ3n) is 5.70. The van der Waals surface area contributed by atoms with Crippen molar-refractivity contribution in [3.63, 3.8) is 0 Å². The second-order valence-corrected chi connectivity index (χ2v) is 8.29. The van der Waals surface area contributed by atoms with Crippen LogP contribution in [-0.4, -0.2) is 36.1 Å². The normalized spacial score (nSPS) is 42.3. The van der Waals surface area contributed by atoms with Gasteiger partial charge in [-0.15, -0.1) is 0 Å². The Labute approximate surface area is 120 Å². The van der Waals surface area contributed by atoms with Gasteiger partial charge >= 0.3 is 0 Å². The smallest absolute Gasteiger partial charge is 0.0244 e. The number of hydrogen-bond donors (Lipinski definition) is 1. The molecule has 0 aromatic heterocycles. The molecule has 1 saturated carbocycles. The Morgan fingerprint density at radius 1 is 1.00 bits per heavy atom. The molecule has 2 fully saturated rings. The molecule has 0 amide bonds. The van der Waals surface area contributed by atoms with Gasteiger partial charge in [0.2, 0.25) is 0 Å². The largest absolute Gasteiger partial charge is 0.311 e. The first-order valence-electron chi connectivity index (χ1n) is 8.28. The Balaban J connectivity index is 2.01. The van der Waals surface area contributed by atoms with Crippen LogP contribution in [0.5, 0.6) is 0 Å². The van der Waals surface area contributed by atoms with Crippen LogP contribution in [0.3, 0.4) is 0 Å². The van der Waals surface area contributed by atoms with Crippen LogP contribution in [0.25, 0.3) is 0 Å². The van der Waals surface area contributed by atoms with Gasteiger partial charge in [-0.1, -0.05) is 34.6 Å². The van der Waals surface area contributed by atoms with Gasteiger partial charge in [0.25, 0.3) is 0 Å². The Kier molecular flexibility index (Phi) is 4.62. The second kappa shape index (κ2) is 5.73. The quantitative estimate of drug-likeness (QED) is 0.781. The van der Waals surface area contributed by atoms with Crippen LogP contribution in [0.15, 0.2) is 0 Å². The lowest BCUT2D eigenvalue weighted by Crippen LogP contribution is -2.62. The first-order valence-corrected chi connectivity index (χ1v) is 8.28. The Morgan fingerprint density at radius 2 is 1.68 bits per heavy atom. The van der Waals surface area contributed by atoms with Gasteiger partial charge in [0.05, 0.1) is 0 Å². The molecule has 2 aliphatic rings. The lowest BCUT2D eigenvalue weighted by molar-refractivity contribution is 0.0249. The van der Waals surface area contributed by atoms with Gasteiger partial charge in [-0.05, 0) is 43.4 Å². The van der Waals surface area contributed by atoms with Gasteiger partial charge in [0.15, 0.2) is 0 Å². The maximum Gasteiger partial charge on any atom is 0.0244 e. The minimum absolute atomic E-state index is 0.367. The summed E-state index contributed by atoms with van der Waals surface area (Å²) in [6.45, 7) is 16.8. The Bertz CT molecular complexity index is 294. The van der Waals surface area contributed by atoms with Crippen molar-refractivity contribution >= 4 is 0 Å². The highest BCUT2D eigenvalue weighted by Gasteiger charge is 2.37. The van der Waals surface area contributed by atoms with E-state index in [4.69, 9.17) is 0 Å². The molecule has 1 aliphatic carbocycles. The summed E-state index contributed by atoms with van der Waals surface area (Å²) in [4.78, 5) is 2.81. The van der Waals surface area contributed by atoms with Crippen molar-refractivity contribution in [1.29, 1.82) is 0 Å². The van der Waals surface area contributed by atoms with Gasteiger partial charge in [-0.2, -0.15) is 0 Å². The number of nitrogens with one attached hydrogen (secondary N) is 1. The molecule has 0 radical (unpaired) electrons. The molecule has 0 spiro atoms. The summed E-state index contributed by atoms with van der Waals surface area (Å²) in [6, 6.07) is 2.16. The zero-order valence-electron chi connectivity index (χ0n) is 13.9. The Hall–Kier alpha value is -0.0800. The summed E-state index contributed by atoms with van der Waals surface area (Å²) >= 11 is 0. The average molecular weight is 266 g/mol. The molecule has 19 heavy (non-hydrogen) atoms. The summed E-state index contributed by atoms with van der Waals surface area (Å²) in [6.07, 6.45) is 4.23. The van der Waals surface area contributed by atoms with E-state index in [1.165, 1.54) is 25.8 Å². The van der Waals surface area contributed by atoms with Crippen LogP contribution in [0.1, 0.15) is 60.8 Å². The van der Waals surface area contributed by atoms with Gasteiger partial charge in [0, 0.05) is 31.2 Å². The maximum absolute atomic E-state index is 3.76.